The highest BCUT2D eigenvalue weighted by atomic mass is 127. The summed E-state index contributed by atoms with van der Waals surface area (Å²) in [6.45, 7) is 0. The van der Waals surface area contributed by atoms with Gasteiger partial charge in [-0.3, -0.25) is 4.79 Å². The van der Waals surface area contributed by atoms with Crippen molar-refractivity contribution in [3.63, 3.8) is 0 Å². The second-order valence-electron chi connectivity index (χ2n) is 4.15. The molecule has 0 aliphatic carbocycles. The summed E-state index contributed by atoms with van der Waals surface area (Å²) in [6.07, 6.45) is 0. The van der Waals surface area contributed by atoms with Crippen LogP contribution in [0.2, 0.25) is 0 Å². The van der Waals surface area contributed by atoms with E-state index < -0.39 is 15.9 Å². The van der Waals surface area contributed by atoms with Crippen LogP contribution in [0.4, 0.5) is 5.69 Å². The van der Waals surface area contributed by atoms with Crippen LogP contribution in [0, 0.1) is 3.57 Å². The quantitative estimate of drug-likeness (QED) is 0.662. The number of carbonyl (C=O) groups excluding carboxylic acids is 1. The van der Waals surface area contributed by atoms with Crippen LogP contribution < -0.4 is 10.5 Å². The average Bonchev–Trinajstić information content (AvgIpc) is 2.40. The Hall–Kier alpha value is -0.970. The molecule has 0 saturated heterocycles. The van der Waals surface area contributed by atoms with Gasteiger partial charge < -0.3 is 5.32 Å². The third kappa shape index (κ3) is 4.25. The van der Waals surface area contributed by atoms with E-state index in [2.05, 4.69) is 43.8 Å². The zero-order valence-corrected chi connectivity index (χ0v) is 15.1. The summed E-state index contributed by atoms with van der Waals surface area (Å²) in [5.74, 6) is -0.409. The van der Waals surface area contributed by atoms with Crippen molar-refractivity contribution in [1.29, 1.82) is 0 Å². The number of rotatable bonds is 3. The first-order valence-corrected chi connectivity index (χ1v) is 9.08. The van der Waals surface area contributed by atoms with Crippen molar-refractivity contribution in [1.82, 2.24) is 0 Å². The van der Waals surface area contributed by atoms with Gasteiger partial charge in [-0.15, -0.1) is 0 Å². The number of benzene rings is 2. The Morgan fingerprint density at radius 1 is 1.14 bits per heavy atom. The van der Waals surface area contributed by atoms with Gasteiger partial charge in [0.15, 0.2) is 0 Å². The van der Waals surface area contributed by atoms with Crippen LogP contribution in [0.15, 0.2) is 51.8 Å². The van der Waals surface area contributed by atoms with E-state index in [1.807, 2.05) is 12.1 Å². The zero-order valence-electron chi connectivity index (χ0n) is 10.5. The third-order valence-electron chi connectivity index (χ3n) is 2.60. The minimum absolute atomic E-state index is 0.127. The molecule has 0 bridgehead atoms. The van der Waals surface area contributed by atoms with Gasteiger partial charge in [0, 0.05) is 19.3 Å². The lowest BCUT2D eigenvalue weighted by atomic mass is 10.2. The van der Waals surface area contributed by atoms with Crippen LogP contribution in [0.5, 0.6) is 0 Å². The number of nitrogens with one attached hydrogen (secondary N) is 1. The summed E-state index contributed by atoms with van der Waals surface area (Å²) in [6, 6.07) is 11.5. The highest BCUT2D eigenvalue weighted by Gasteiger charge is 2.16. The molecule has 8 heteroatoms. The van der Waals surface area contributed by atoms with Gasteiger partial charge in [0.25, 0.3) is 5.91 Å². The number of hydrogen-bond donors (Lipinski definition) is 2. The van der Waals surface area contributed by atoms with E-state index in [9.17, 15) is 13.2 Å². The molecule has 0 aromatic heterocycles. The predicted molar refractivity (Wildman–Crippen MR) is 92.6 cm³/mol. The molecule has 0 aliphatic rings. The van der Waals surface area contributed by atoms with Crippen molar-refractivity contribution in [2.75, 3.05) is 5.32 Å². The van der Waals surface area contributed by atoms with Gasteiger partial charge in [-0.05, 0) is 81.0 Å². The Morgan fingerprint density at radius 2 is 1.76 bits per heavy atom. The molecule has 0 spiro atoms. The Bertz CT molecular complexity index is 792. The van der Waals surface area contributed by atoms with Gasteiger partial charge >= 0.3 is 0 Å². The Kier molecular flexibility index (Phi) is 5.02. The SMILES string of the molecule is NS(=O)(=O)c1cc(C(=O)Nc2ccc(I)cc2)ccc1Br. The van der Waals surface area contributed by atoms with Gasteiger partial charge in [-0.25, -0.2) is 13.6 Å². The van der Waals surface area contributed by atoms with Crippen LogP contribution >= 0.6 is 38.5 Å². The molecule has 3 N–H and O–H groups in total. The van der Waals surface area contributed by atoms with Crippen molar-refractivity contribution in [2.24, 2.45) is 5.14 Å². The Labute approximate surface area is 144 Å². The molecule has 21 heavy (non-hydrogen) atoms. The summed E-state index contributed by atoms with van der Waals surface area (Å²) >= 11 is 5.26. The molecule has 110 valence electrons. The predicted octanol–water partition coefficient (Wildman–Crippen LogP) is 2.95. The molecule has 0 fully saturated rings. The first-order chi connectivity index (χ1) is 9.77. The number of halogens is 2. The number of primary sulfonamides is 1. The van der Waals surface area contributed by atoms with E-state index >= 15 is 0 Å². The molecule has 1 amide bonds. The lowest BCUT2D eigenvalue weighted by Crippen LogP contribution is -2.16. The molecule has 2 aromatic rings. The first kappa shape index (κ1) is 16.4. The number of carbonyl (C=O) groups is 1. The summed E-state index contributed by atoms with van der Waals surface area (Å²) in [5, 5.41) is 7.80. The van der Waals surface area contributed by atoms with Crippen molar-refractivity contribution in [3.8, 4) is 0 Å². The molecule has 0 radical (unpaired) electrons. The molecule has 2 aromatic carbocycles. The highest BCUT2D eigenvalue weighted by Crippen LogP contribution is 2.22. The monoisotopic (exact) mass is 480 g/mol. The molecular weight excluding hydrogens is 471 g/mol. The minimum Gasteiger partial charge on any atom is -0.322 e. The maximum Gasteiger partial charge on any atom is 0.255 e. The van der Waals surface area contributed by atoms with Crippen LogP contribution in [0.25, 0.3) is 0 Å². The molecule has 2 rings (SSSR count). The van der Waals surface area contributed by atoms with Gasteiger partial charge in [0.2, 0.25) is 10.0 Å². The fourth-order valence-electron chi connectivity index (χ4n) is 1.60. The minimum atomic E-state index is -3.90. The van der Waals surface area contributed by atoms with Crippen molar-refractivity contribution < 1.29 is 13.2 Å². The normalized spacial score (nSPS) is 11.2. The molecule has 0 unspecified atom stereocenters. The fourth-order valence-corrected chi connectivity index (χ4v) is 3.51. The van der Waals surface area contributed by atoms with Crippen LogP contribution in [0.3, 0.4) is 0 Å². The summed E-state index contributed by atoms with van der Waals surface area (Å²) < 4.78 is 24.2. The van der Waals surface area contributed by atoms with E-state index in [1.54, 1.807) is 12.1 Å². The second-order valence-corrected chi connectivity index (χ2v) is 7.78. The summed E-state index contributed by atoms with van der Waals surface area (Å²) in [5.41, 5.74) is 0.835. The molecule has 0 heterocycles. The maximum absolute atomic E-state index is 12.1. The van der Waals surface area contributed by atoms with Crippen LogP contribution in [-0.2, 0) is 10.0 Å². The lowest BCUT2D eigenvalue weighted by Gasteiger charge is -2.08. The second kappa shape index (κ2) is 6.42. The van der Waals surface area contributed by atoms with E-state index in [-0.39, 0.29) is 10.5 Å². The summed E-state index contributed by atoms with van der Waals surface area (Å²) in [4.78, 5) is 12.0. The van der Waals surface area contributed by atoms with E-state index in [1.165, 1.54) is 18.2 Å². The van der Waals surface area contributed by atoms with Crippen LogP contribution in [-0.4, -0.2) is 14.3 Å². The third-order valence-corrected chi connectivity index (χ3v) is 5.23. The number of amides is 1. The zero-order chi connectivity index (χ0) is 15.6. The maximum atomic E-state index is 12.1. The number of anilines is 1. The average molecular weight is 481 g/mol. The van der Waals surface area contributed by atoms with Gasteiger partial charge in [-0.1, -0.05) is 0 Å². The van der Waals surface area contributed by atoms with Crippen LogP contribution in [0.1, 0.15) is 10.4 Å². The van der Waals surface area contributed by atoms with Gasteiger partial charge in [-0.2, -0.15) is 0 Å². The number of hydrogen-bond acceptors (Lipinski definition) is 3. The highest BCUT2D eigenvalue weighted by molar-refractivity contribution is 14.1. The van der Waals surface area contributed by atoms with Gasteiger partial charge in [0.1, 0.15) is 0 Å². The van der Waals surface area contributed by atoms with Gasteiger partial charge in [0.05, 0.1) is 4.90 Å². The Morgan fingerprint density at radius 3 is 2.33 bits per heavy atom. The molecule has 0 aliphatic heterocycles. The summed E-state index contributed by atoms with van der Waals surface area (Å²) in [7, 11) is -3.90. The molecule has 5 nitrogen and oxygen atoms in total. The van der Waals surface area contributed by atoms with E-state index in [4.69, 9.17) is 5.14 Å². The number of nitrogens with two attached hydrogens (primary N) is 1. The molecule has 0 atom stereocenters. The van der Waals surface area contributed by atoms with Crippen molar-refractivity contribution in [2.45, 2.75) is 4.90 Å². The Balaban J connectivity index is 2.30. The van der Waals surface area contributed by atoms with Crippen molar-refractivity contribution >= 4 is 60.1 Å². The fraction of sp³-hybridized carbons (Fsp3) is 0. The topological polar surface area (TPSA) is 89.3 Å². The van der Waals surface area contributed by atoms with E-state index in [0.29, 0.717) is 10.2 Å². The smallest absolute Gasteiger partial charge is 0.255 e. The van der Waals surface area contributed by atoms with E-state index in [0.717, 1.165) is 3.57 Å². The standard InChI is InChI=1S/C13H10BrIN2O3S/c14-11-6-1-8(7-12(11)21(16,19)20)13(18)17-10-4-2-9(15)3-5-10/h1-7H,(H,17,18)(H2,16,19,20). The molecular formula is C13H10BrIN2O3S. The first-order valence-electron chi connectivity index (χ1n) is 5.66. The molecule has 0 saturated carbocycles. The lowest BCUT2D eigenvalue weighted by molar-refractivity contribution is 0.102. The number of sulfonamides is 1. The van der Waals surface area contributed by atoms with Crippen molar-refractivity contribution in [3.05, 3.63) is 56.1 Å². The largest absolute Gasteiger partial charge is 0.322 e.